The molecule has 0 radical (unpaired) electrons. The normalized spacial score (nSPS) is 20.6. The topological polar surface area (TPSA) is 47.4 Å². The molecule has 2 heterocycles. The molecule has 21 heavy (non-hydrogen) atoms. The van der Waals surface area contributed by atoms with E-state index in [0.717, 1.165) is 30.8 Å². The monoisotopic (exact) mass is 287 g/mol. The van der Waals surface area contributed by atoms with Crippen LogP contribution in [-0.2, 0) is 11.3 Å². The zero-order valence-electron chi connectivity index (χ0n) is 12.6. The highest BCUT2D eigenvalue weighted by Gasteiger charge is 2.17. The maximum atomic E-state index is 12.6. The third-order valence-corrected chi connectivity index (χ3v) is 4.05. The quantitative estimate of drug-likeness (QED) is 0.835. The van der Waals surface area contributed by atoms with Gasteiger partial charge in [0.05, 0.1) is 30.4 Å². The van der Waals surface area contributed by atoms with Crippen molar-refractivity contribution in [1.29, 1.82) is 0 Å². The minimum Gasteiger partial charge on any atom is -0.380 e. The fourth-order valence-corrected chi connectivity index (χ4v) is 2.91. The first kappa shape index (κ1) is 14.2. The molecule has 5 heteroatoms. The second-order valence-corrected chi connectivity index (χ2v) is 5.88. The van der Waals surface area contributed by atoms with Gasteiger partial charge < -0.3 is 9.64 Å². The average molecular weight is 287 g/mol. The number of para-hydroxylation sites is 1. The Hall–Kier alpha value is -1.72. The Balaban J connectivity index is 1.90. The van der Waals surface area contributed by atoms with Gasteiger partial charge in [-0.15, -0.1) is 0 Å². The third-order valence-electron chi connectivity index (χ3n) is 4.05. The largest absolute Gasteiger partial charge is 0.380 e. The number of hydrogen-bond donors (Lipinski definition) is 0. The molecule has 0 N–H and O–H groups in total. The molecule has 0 amide bonds. The number of benzene rings is 1. The van der Waals surface area contributed by atoms with Crippen molar-refractivity contribution < 1.29 is 4.74 Å². The van der Waals surface area contributed by atoms with Gasteiger partial charge in [0.1, 0.15) is 0 Å². The first-order valence-corrected chi connectivity index (χ1v) is 7.36. The number of fused-ring (bicyclic) bond motifs is 1. The molecule has 3 rings (SSSR count). The summed E-state index contributed by atoms with van der Waals surface area (Å²) in [7, 11) is 2.09. The van der Waals surface area contributed by atoms with E-state index >= 15 is 0 Å². The lowest BCUT2D eigenvalue weighted by Gasteiger charge is -2.19. The van der Waals surface area contributed by atoms with E-state index in [4.69, 9.17) is 4.74 Å². The molecular weight excluding hydrogens is 266 g/mol. The van der Waals surface area contributed by atoms with Crippen molar-refractivity contribution in [2.75, 3.05) is 33.4 Å². The van der Waals surface area contributed by atoms with E-state index in [-0.39, 0.29) is 5.56 Å². The van der Waals surface area contributed by atoms with E-state index in [1.54, 1.807) is 10.9 Å². The molecule has 1 aromatic carbocycles. The molecule has 1 aromatic heterocycles. The molecule has 0 spiro atoms. The number of hydrogen-bond acceptors (Lipinski definition) is 4. The Morgan fingerprint density at radius 2 is 2.29 bits per heavy atom. The van der Waals surface area contributed by atoms with Crippen LogP contribution in [0.25, 0.3) is 10.9 Å². The highest BCUT2D eigenvalue weighted by Crippen LogP contribution is 2.12. The second kappa shape index (κ2) is 5.95. The average Bonchev–Trinajstić information content (AvgIpc) is 2.67. The van der Waals surface area contributed by atoms with Crippen molar-refractivity contribution in [2.24, 2.45) is 5.92 Å². The van der Waals surface area contributed by atoms with Crippen LogP contribution in [0.4, 0.5) is 0 Å². The van der Waals surface area contributed by atoms with Crippen molar-refractivity contribution >= 4 is 10.9 Å². The van der Waals surface area contributed by atoms with Crippen LogP contribution < -0.4 is 5.56 Å². The second-order valence-electron chi connectivity index (χ2n) is 5.88. The Morgan fingerprint density at radius 1 is 1.43 bits per heavy atom. The number of likely N-dealkylation sites (N-methyl/N-ethyl adjacent to an activating group) is 1. The molecule has 5 nitrogen and oxygen atoms in total. The summed E-state index contributed by atoms with van der Waals surface area (Å²) in [6.07, 6.45) is 1.67. The number of aryl methyl sites for hydroxylation is 1. The van der Waals surface area contributed by atoms with Gasteiger partial charge in [0.15, 0.2) is 0 Å². The molecule has 112 valence electrons. The Labute approximate surface area is 124 Å². The molecule has 1 aliphatic rings. The summed E-state index contributed by atoms with van der Waals surface area (Å²) in [5, 5.41) is 0.695. The van der Waals surface area contributed by atoms with Crippen LogP contribution in [-0.4, -0.2) is 47.8 Å². The maximum absolute atomic E-state index is 12.6. The van der Waals surface area contributed by atoms with Crippen LogP contribution in [0.1, 0.15) is 5.56 Å². The summed E-state index contributed by atoms with van der Waals surface area (Å²) >= 11 is 0. The van der Waals surface area contributed by atoms with Gasteiger partial charge in [0.25, 0.3) is 5.56 Å². The lowest BCUT2D eigenvalue weighted by Crippen LogP contribution is -2.32. The molecule has 1 saturated heterocycles. The van der Waals surface area contributed by atoms with Crippen molar-refractivity contribution in [3.8, 4) is 0 Å². The number of rotatable bonds is 2. The summed E-state index contributed by atoms with van der Waals surface area (Å²) in [4.78, 5) is 19.3. The molecular formula is C16H21N3O2. The SMILES string of the molecule is Cc1cccc2c(=O)n(C[C@H]3COCCN(C)C3)cnc12. The predicted octanol–water partition coefficient (Wildman–Crippen LogP) is 1.28. The number of nitrogens with zero attached hydrogens (tertiary/aromatic N) is 3. The van der Waals surface area contributed by atoms with Crippen LogP contribution in [0.5, 0.6) is 0 Å². The van der Waals surface area contributed by atoms with Gasteiger partial charge >= 0.3 is 0 Å². The van der Waals surface area contributed by atoms with Crippen LogP contribution in [0.15, 0.2) is 29.3 Å². The predicted molar refractivity (Wildman–Crippen MR) is 82.5 cm³/mol. The smallest absolute Gasteiger partial charge is 0.261 e. The van der Waals surface area contributed by atoms with Gasteiger partial charge in [0, 0.05) is 25.6 Å². The number of aromatic nitrogens is 2. The Bertz CT molecular complexity index is 695. The first-order chi connectivity index (χ1) is 10.1. The Kier molecular flexibility index (Phi) is 4.03. The summed E-state index contributed by atoms with van der Waals surface area (Å²) in [6, 6.07) is 5.74. The van der Waals surface area contributed by atoms with Crippen LogP contribution in [0, 0.1) is 12.8 Å². The van der Waals surface area contributed by atoms with Crippen LogP contribution in [0.3, 0.4) is 0 Å². The van der Waals surface area contributed by atoms with Crippen LogP contribution in [0.2, 0.25) is 0 Å². The highest BCUT2D eigenvalue weighted by molar-refractivity contribution is 5.80. The minimum absolute atomic E-state index is 0.0376. The summed E-state index contributed by atoms with van der Waals surface area (Å²) < 4.78 is 7.34. The fourth-order valence-electron chi connectivity index (χ4n) is 2.91. The van der Waals surface area contributed by atoms with E-state index in [0.29, 0.717) is 24.5 Å². The molecule has 0 aliphatic carbocycles. The van der Waals surface area contributed by atoms with Gasteiger partial charge in [-0.2, -0.15) is 0 Å². The van der Waals surface area contributed by atoms with Gasteiger partial charge in [0.2, 0.25) is 0 Å². The molecule has 1 fully saturated rings. The number of ether oxygens (including phenoxy) is 1. The fraction of sp³-hybridized carbons (Fsp3) is 0.500. The van der Waals surface area contributed by atoms with Gasteiger partial charge in [-0.3, -0.25) is 9.36 Å². The molecule has 0 bridgehead atoms. The first-order valence-electron chi connectivity index (χ1n) is 7.36. The van der Waals surface area contributed by atoms with Crippen molar-refractivity contribution in [2.45, 2.75) is 13.5 Å². The lowest BCUT2D eigenvalue weighted by molar-refractivity contribution is 0.117. The highest BCUT2D eigenvalue weighted by atomic mass is 16.5. The van der Waals surface area contributed by atoms with E-state index in [1.165, 1.54) is 0 Å². The maximum Gasteiger partial charge on any atom is 0.261 e. The summed E-state index contributed by atoms with van der Waals surface area (Å²) in [5.74, 6) is 0.319. The standard InChI is InChI=1S/C16H21N3O2/c1-12-4-3-5-14-15(12)17-11-19(16(14)20)9-13-8-18(2)6-7-21-10-13/h3-5,11,13H,6-10H2,1-2H3/t13-/m0/s1. The zero-order chi connectivity index (χ0) is 14.8. The van der Waals surface area contributed by atoms with Gasteiger partial charge in [-0.05, 0) is 25.6 Å². The molecule has 0 unspecified atom stereocenters. The van der Waals surface area contributed by atoms with Crippen molar-refractivity contribution in [3.05, 3.63) is 40.4 Å². The minimum atomic E-state index is 0.0376. The van der Waals surface area contributed by atoms with E-state index in [1.807, 2.05) is 25.1 Å². The lowest BCUT2D eigenvalue weighted by atomic mass is 10.1. The zero-order valence-corrected chi connectivity index (χ0v) is 12.6. The molecule has 1 aliphatic heterocycles. The van der Waals surface area contributed by atoms with E-state index in [9.17, 15) is 4.79 Å². The van der Waals surface area contributed by atoms with E-state index < -0.39 is 0 Å². The van der Waals surface area contributed by atoms with Crippen LogP contribution >= 0.6 is 0 Å². The Morgan fingerprint density at radius 3 is 3.14 bits per heavy atom. The van der Waals surface area contributed by atoms with E-state index in [2.05, 4.69) is 16.9 Å². The van der Waals surface area contributed by atoms with Gasteiger partial charge in [-0.1, -0.05) is 12.1 Å². The summed E-state index contributed by atoms with van der Waals surface area (Å²) in [6.45, 7) is 5.98. The molecule has 0 saturated carbocycles. The van der Waals surface area contributed by atoms with Crippen molar-refractivity contribution in [1.82, 2.24) is 14.5 Å². The third kappa shape index (κ3) is 2.99. The molecule has 1 atom stereocenters. The van der Waals surface area contributed by atoms with Gasteiger partial charge in [-0.25, -0.2) is 4.98 Å². The summed E-state index contributed by atoms with van der Waals surface area (Å²) in [5.41, 5.74) is 1.87. The van der Waals surface area contributed by atoms with Crippen molar-refractivity contribution in [3.63, 3.8) is 0 Å². The molecule has 2 aromatic rings.